The van der Waals surface area contributed by atoms with Gasteiger partial charge < -0.3 is 10.6 Å². The third kappa shape index (κ3) is 3.36. The molecule has 0 aliphatic rings. The fraction of sp³-hybridized carbons (Fsp3) is 0.417. The topological polar surface area (TPSA) is 46.3 Å². The Labute approximate surface area is 90.9 Å². The molecule has 2 N–H and O–H groups in total. The summed E-state index contributed by atoms with van der Waals surface area (Å²) in [5, 5.41) is 0. The molecule has 0 spiro atoms. The van der Waals surface area contributed by atoms with Crippen molar-refractivity contribution in [1.82, 2.24) is 0 Å². The second kappa shape index (κ2) is 5.51. The first kappa shape index (κ1) is 11.7. The van der Waals surface area contributed by atoms with Gasteiger partial charge >= 0.3 is 0 Å². The van der Waals surface area contributed by atoms with E-state index in [4.69, 9.17) is 5.73 Å². The molecule has 0 fully saturated rings. The minimum absolute atomic E-state index is 0.0383. The molecule has 0 heterocycles. The average molecular weight is 206 g/mol. The summed E-state index contributed by atoms with van der Waals surface area (Å²) < 4.78 is 0. The second-order valence-corrected chi connectivity index (χ2v) is 3.66. The fourth-order valence-corrected chi connectivity index (χ4v) is 1.30. The highest BCUT2D eigenvalue weighted by Crippen LogP contribution is 2.12. The van der Waals surface area contributed by atoms with Crippen molar-refractivity contribution in [2.75, 3.05) is 11.9 Å². The van der Waals surface area contributed by atoms with Crippen molar-refractivity contribution in [2.24, 2.45) is 5.73 Å². The van der Waals surface area contributed by atoms with Gasteiger partial charge in [0.2, 0.25) is 5.91 Å². The zero-order valence-electron chi connectivity index (χ0n) is 9.31. The van der Waals surface area contributed by atoms with Gasteiger partial charge in [-0.25, -0.2) is 0 Å². The van der Waals surface area contributed by atoms with E-state index in [1.807, 2.05) is 37.3 Å². The quantitative estimate of drug-likeness (QED) is 0.816. The van der Waals surface area contributed by atoms with E-state index in [2.05, 4.69) is 0 Å². The smallest absolute Gasteiger partial charge is 0.228 e. The van der Waals surface area contributed by atoms with Crippen LogP contribution in [0.2, 0.25) is 0 Å². The Balaban J connectivity index is 2.61. The van der Waals surface area contributed by atoms with Crippen molar-refractivity contribution in [1.29, 1.82) is 0 Å². The molecule has 0 aromatic heterocycles. The first-order valence-corrected chi connectivity index (χ1v) is 5.22. The van der Waals surface area contributed by atoms with Gasteiger partial charge in [0.05, 0.1) is 0 Å². The predicted octanol–water partition coefficient (Wildman–Crippen LogP) is 1.78. The molecular weight excluding hydrogens is 188 g/mol. The Morgan fingerprint density at radius 3 is 2.53 bits per heavy atom. The van der Waals surface area contributed by atoms with Gasteiger partial charge in [-0.05, 0) is 18.6 Å². The number of hydrogen-bond acceptors (Lipinski definition) is 2. The molecule has 1 unspecified atom stereocenters. The van der Waals surface area contributed by atoms with Crippen LogP contribution in [0.4, 0.5) is 5.69 Å². The molecule has 0 saturated carbocycles. The Bertz CT molecular complexity index is 311. The molecular formula is C12H18N2O. The molecule has 0 bridgehead atoms. The molecule has 0 saturated heterocycles. The van der Waals surface area contributed by atoms with Gasteiger partial charge in [-0.3, -0.25) is 4.79 Å². The minimum atomic E-state index is -0.0383. The molecule has 3 nitrogen and oxygen atoms in total. The summed E-state index contributed by atoms with van der Waals surface area (Å²) >= 11 is 0. The van der Waals surface area contributed by atoms with E-state index in [1.165, 1.54) is 0 Å². The molecule has 3 heteroatoms. The monoisotopic (exact) mass is 206 g/mol. The maximum Gasteiger partial charge on any atom is 0.228 e. The lowest BCUT2D eigenvalue weighted by Gasteiger charge is -2.19. The molecule has 82 valence electrons. The van der Waals surface area contributed by atoms with Crippen molar-refractivity contribution >= 4 is 11.6 Å². The van der Waals surface area contributed by atoms with E-state index in [0.29, 0.717) is 6.42 Å². The number of carbonyl (C=O) groups is 1. The van der Waals surface area contributed by atoms with Crippen LogP contribution in [-0.2, 0) is 4.79 Å². The van der Waals surface area contributed by atoms with E-state index >= 15 is 0 Å². The van der Waals surface area contributed by atoms with Crippen LogP contribution in [0.15, 0.2) is 30.3 Å². The molecule has 1 aromatic carbocycles. The molecule has 1 atom stereocenters. The van der Waals surface area contributed by atoms with Crippen molar-refractivity contribution in [3.05, 3.63) is 30.3 Å². The first-order chi connectivity index (χ1) is 7.15. The summed E-state index contributed by atoms with van der Waals surface area (Å²) in [6.45, 7) is 1.99. The minimum Gasteiger partial charge on any atom is -0.327 e. The van der Waals surface area contributed by atoms with Crippen molar-refractivity contribution < 1.29 is 4.79 Å². The lowest BCUT2D eigenvalue weighted by Crippen LogP contribution is -2.32. The summed E-state index contributed by atoms with van der Waals surface area (Å²) in [6, 6.07) is 9.55. The van der Waals surface area contributed by atoms with Crippen molar-refractivity contribution in [2.45, 2.75) is 25.8 Å². The number of anilines is 1. The molecule has 15 heavy (non-hydrogen) atoms. The average Bonchev–Trinajstić information content (AvgIpc) is 2.29. The van der Waals surface area contributed by atoms with Gasteiger partial charge in [-0.2, -0.15) is 0 Å². The molecule has 1 rings (SSSR count). The maximum absolute atomic E-state index is 11.8. The van der Waals surface area contributed by atoms with Gasteiger partial charge in [0.15, 0.2) is 0 Å². The van der Waals surface area contributed by atoms with Crippen LogP contribution in [-0.4, -0.2) is 19.0 Å². The molecule has 1 aromatic rings. The van der Waals surface area contributed by atoms with Crippen LogP contribution >= 0.6 is 0 Å². The van der Waals surface area contributed by atoms with E-state index in [9.17, 15) is 4.79 Å². The van der Waals surface area contributed by atoms with Crippen LogP contribution in [0.5, 0.6) is 0 Å². The lowest BCUT2D eigenvalue weighted by molar-refractivity contribution is -0.118. The first-order valence-electron chi connectivity index (χ1n) is 5.22. The van der Waals surface area contributed by atoms with Crippen molar-refractivity contribution in [3.63, 3.8) is 0 Å². The predicted molar refractivity (Wildman–Crippen MR) is 62.7 cm³/mol. The van der Waals surface area contributed by atoms with E-state index in [-0.39, 0.29) is 11.9 Å². The van der Waals surface area contributed by atoms with E-state index in [0.717, 1.165) is 12.1 Å². The number of rotatable bonds is 4. The maximum atomic E-state index is 11.8. The van der Waals surface area contributed by atoms with Crippen LogP contribution < -0.4 is 10.6 Å². The number of benzene rings is 1. The van der Waals surface area contributed by atoms with Gasteiger partial charge in [-0.15, -0.1) is 0 Å². The zero-order chi connectivity index (χ0) is 11.3. The van der Waals surface area contributed by atoms with Crippen LogP contribution in [0, 0.1) is 0 Å². The standard InChI is InChI=1S/C12H18N2O/c1-3-10(13)9-12(15)14(2)11-7-5-4-6-8-11/h4-8,10H,3,9,13H2,1-2H3. The van der Waals surface area contributed by atoms with Crippen molar-refractivity contribution in [3.8, 4) is 0 Å². The third-order valence-corrected chi connectivity index (χ3v) is 2.48. The summed E-state index contributed by atoms with van der Waals surface area (Å²) in [5.74, 6) is 0.0653. The highest BCUT2D eigenvalue weighted by Gasteiger charge is 2.13. The molecule has 0 aliphatic heterocycles. The SMILES string of the molecule is CCC(N)CC(=O)N(C)c1ccccc1. The normalized spacial score (nSPS) is 12.2. The highest BCUT2D eigenvalue weighted by atomic mass is 16.2. The van der Waals surface area contributed by atoms with Gasteiger partial charge in [0.25, 0.3) is 0 Å². The zero-order valence-corrected chi connectivity index (χ0v) is 9.31. The Hall–Kier alpha value is -1.35. The lowest BCUT2D eigenvalue weighted by atomic mass is 10.1. The van der Waals surface area contributed by atoms with Gasteiger partial charge in [-0.1, -0.05) is 25.1 Å². The van der Waals surface area contributed by atoms with Crippen LogP contribution in [0.1, 0.15) is 19.8 Å². The molecule has 0 aliphatic carbocycles. The summed E-state index contributed by atoms with van der Waals surface area (Å²) in [6.07, 6.45) is 1.23. The molecule has 1 amide bonds. The van der Waals surface area contributed by atoms with Crippen LogP contribution in [0.25, 0.3) is 0 Å². The third-order valence-electron chi connectivity index (χ3n) is 2.48. The van der Waals surface area contributed by atoms with E-state index < -0.39 is 0 Å². The number of hydrogen-bond donors (Lipinski definition) is 1. The number of carbonyl (C=O) groups excluding carboxylic acids is 1. The molecule has 0 radical (unpaired) electrons. The number of nitrogens with zero attached hydrogens (tertiary/aromatic N) is 1. The van der Waals surface area contributed by atoms with Crippen LogP contribution in [0.3, 0.4) is 0 Å². The largest absolute Gasteiger partial charge is 0.327 e. The Kier molecular flexibility index (Phi) is 4.31. The van der Waals surface area contributed by atoms with Gasteiger partial charge in [0, 0.05) is 25.2 Å². The fourth-order valence-electron chi connectivity index (χ4n) is 1.30. The Morgan fingerprint density at radius 1 is 1.40 bits per heavy atom. The number of para-hydroxylation sites is 1. The van der Waals surface area contributed by atoms with Gasteiger partial charge in [0.1, 0.15) is 0 Å². The number of nitrogens with two attached hydrogens (primary N) is 1. The summed E-state index contributed by atoms with van der Waals surface area (Å²) in [5.41, 5.74) is 6.65. The second-order valence-electron chi connectivity index (χ2n) is 3.66. The van der Waals surface area contributed by atoms with E-state index in [1.54, 1.807) is 11.9 Å². The summed E-state index contributed by atoms with van der Waals surface area (Å²) in [7, 11) is 1.78. The highest BCUT2D eigenvalue weighted by molar-refractivity contribution is 5.93. The summed E-state index contributed by atoms with van der Waals surface area (Å²) in [4.78, 5) is 13.4. The number of amides is 1. The Morgan fingerprint density at radius 2 is 2.00 bits per heavy atom.